The maximum absolute atomic E-state index is 11.3. The molecular weight excluding hydrogens is 462 g/mol. The van der Waals surface area contributed by atoms with E-state index in [9.17, 15) is 4.79 Å². The molecule has 0 amide bonds. The highest BCUT2D eigenvalue weighted by molar-refractivity contribution is 5.80. The van der Waals surface area contributed by atoms with Crippen LogP contribution in [-0.2, 0) is 9.53 Å². The van der Waals surface area contributed by atoms with Crippen LogP contribution in [0.3, 0.4) is 0 Å². The van der Waals surface area contributed by atoms with Crippen LogP contribution in [0.15, 0.2) is 103 Å². The number of hydrogen-bond donors (Lipinski definition) is 0. The largest absolute Gasteiger partial charge is 0.489 e. The fourth-order valence-corrected chi connectivity index (χ4v) is 3.62. The van der Waals surface area contributed by atoms with Crippen molar-refractivity contribution in [2.24, 2.45) is 0 Å². The fraction of sp³-hybridized carbons (Fsp3) is 0.125. The van der Waals surface area contributed by atoms with Gasteiger partial charge in [0.05, 0.1) is 7.11 Å². The third-order valence-corrected chi connectivity index (χ3v) is 5.54. The van der Waals surface area contributed by atoms with E-state index in [0.29, 0.717) is 18.1 Å². The van der Waals surface area contributed by atoms with Gasteiger partial charge in [-0.05, 0) is 83.6 Å². The summed E-state index contributed by atoms with van der Waals surface area (Å²) in [5.41, 5.74) is 5.77. The zero-order valence-electron chi connectivity index (χ0n) is 20.8. The number of carbonyl (C=O) groups is 1. The summed E-state index contributed by atoms with van der Waals surface area (Å²) in [4.78, 5) is 15.6. The average molecular weight is 490 g/mol. The molecule has 0 aliphatic rings. The summed E-state index contributed by atoms with van der Waals surface area (Å²) in [5, 5.41) is 0. The second-order valence-electron chi connectivity index (χ2n) is 8.13. The molecule has 0 bridgehead atoms. The van der Waals surface area contributed by atoms with Crippen LogP contribution in [0.1, 0.15) is 27.9 Å². The third kappa shape index (κ3) is 7.33. The molecule has 0 saturated carbocycles. The van der Waals surface area contributed by atoms with Crippen molar-refractivity contribution in [1.29, 1.82) is 0 Å². The van der Waals surface area contributed by atoms with Crippen molar-refractivity contribution < 1.29 is 19.0 Å². The molecule has 1 heterocycles. The standard InChI is InChI=1S/C32H27NO4/c1-24-22-29(17-18-31(24)37-23-32(34)35-2)36-21-19-30(26-8-4-3-5-9-26)27-14-11-25(12-15-27)13-16-28-10-6-7-20-33-28/h3-12,14-15,17-20,22H,21,23H2,1-2H3/b30-19+. The van der Waals surface area contributed by atoms with Crippen LogP contribution >= 0.6 is 0 Å². The molecule has 184 valence electrons. The normalized spacial score (nSPS) is 10.7. The summed E-state index contributed by atoms with van der Waals surface area (Å²) in [5.74, 6) is 7.16. The SMILES string of the molecule is COC(=O)COc1ccc(OC/C=C(\c2ccccc2)c2ccc(C#Cc3ccccn3)cc2)cc1C. The molecule has 1 aromatic heterocycles. The molecule has 5 heteroatoms. The molecule has 37 heavy (non-hydrogen) atoms. The molecule has 0 unspecified atom stereocenters. The topological polar surface area (TPSA) is 57.7 Å². The van der Waals surface area contributed by atoms with Crippen LogP contribution < -0.4 is 9.47 Å². The Balaban J connectivity index is 1.48. The Morgan fingerprint density at radius 3 is 2.32 bits per heavy atom. The highest BCUT2D eigenvalue weighted by Gasteiger charge is 2.07. The zero-order valence-corrected chi connectivity index (χ0v) is 20.8. The Bertz CT molecular complexity index is 1420. The Morgan fingerprint density at radius 2 is 1.62 bits per heavy atom. The van der Waals surface area contributed by atoms with E-state index in [0.717, 1.165) is 33.5 Å². The Kier molecular flexibility index (Phi) is 8.72. The summed E-state index contributed by atoms with van der Waals surface area (Å²) in [6, 6.07) is 29.6. The van der Waals surface area contributed by atoms with Gasteiger partial charge in [-0.3, -0.25) is 0 Å². The minimum atomic E-state index is -0.424. The van der Waals surface area contributed by atoms with E-state index in [2.05, 4.69) is 51.9 Å². The minimum Gasteiger partial charge on any atom is -0.489 e. The summed E-state index contributed by atoms with van der Waals surface area (Å²) >= 11 is 0. The van der Waals surface area contributed by atoms with Gasteiger partial charge in [0.2, 0.25) is 0 Å². The van der Waals surface area contributed by atoms with Crippen molar-refractivity contribution in [1.82, 2.24) is 4.98 Å². The van der Waals surface area contributed by atoms with E-state index in [-0.39, 0.29) is 6.61 Å². The van der Waals surface area contributed by atoms with Gasteiger partial charge in [-0.2, -0.15) is 0 Å². The van der Waals surface area contributed by atoms with Crippen LogP contribution in [0, 0.1) is 18.8 Å². The summed E-state index contributed by atoms with van der Waals surface area (Å²) < 4.78 is 16.1. The molecule has 0 radical (unpaired) electrons. The van der Waals surface area contributed by atoms with Crippen molar-refractivity contribution in [3.63, 3.8) is 0 Å². The molecule has 3 aromatic carbocycles. The summed E-state index contributed by atoms with van der Waals surface area (Å²) in [6.07, 6.45) is 3.81. The molecule has 5 nitrogen and oxygen atoms in total. The van der Waals surface area contributed by atoms with E-state index in [1.165, 1.54) is 7.11 Å². The van der Waals surface area contributed by atoms with Crippen LogP contribution in [0.2, 0.25) is 0 Å². The van der Waals surface area contributed by atoms with Gasteiger partial charge in [-0.25, -0.2) is 9.78 Å². The highest BCUT2D eigenvalue weighted by Crippen LogP contribution is 2.26. The number of carbonyl (C=O) groups excluding carboxylic acids is 1. The molecule has 4 rings (SSSR count). The average Bonchev–Trinajstić information content (AvgIpc) is 2.95. The first kappa shape index (κ1) is 25.3. The predicted octanol–water partition coefficient (Wildman–Crippen LogP) is 5.85. The molecule has 0 aliphatic heterocycles. The first-order chi connectivity index (χ1) is 18.1. The molecule has 0 spiro atoms. The van der Waals surface area contributed by atoms with Crippen LogP contribution in [0.5, 0.6) is 11.5 Å². The van der Waals surface area contributed by atoms with Crippen molar-refractivity contribution in [3.8, 4) is 23.3 Å². The highest BCUT2D eigenvalue weighted by atomic mass is 16.6. The van der Waals surface area contributed by atoms with E-state index in [4.69, 9.17) is 9.47 Å². The number of aromatic nitrogens is 1. The van der Waals surface area contributed by atoms with E-state index >= 15 is 0 Å². The maximum Gasteiger partial charge on any atom is 0.343 e. The lowest BCUT2D eigenvalue weighted by Crippen LogP contribution is -2.13. The number of esters is 1. The number of methoxy groups -OCH3 is 1. The fourth-order valence-electron chi connectivity index (χ4n) is 3.62. The predicted molar refractivity (Wildman–Crippen MR) is 144 cm³/mol. The lowest BCUT2D eigenvalue weighted by atomic mass is 9.97. The number of aryl methyl sites for hydroxylation is 1. The van der Waals surface area contributed by atoms with E-state index in [1.54, 1.807) is 12.3 Å². The molecule has 0 atom stereocenters. The van der Waals surface area contributed by atoms with Crippen molar-refractivity contribution in [2.45, 2.75) is 6.92 Å². The van der Waals surface area contributed by atoms with Gasteiger partial charge in [-0.15, -0.1) is 0 Å². The lowest BCUT2D eigenvalue weighted by molar-refractivity contribution is -0.142. The van der Waals surface area contributed by atoms with Gasteiger partial charge < -0.3 is 14.2 Å². The van der Waals surface area contributed by atoms with Gasteiger partial charge in [0.15, 0.2) is 6.61 Å². The molecule has 0 fully saturated rings. The zero-order chi connectivity index (χ0) is 25.9. The van der Waals surface area contributed by atoms with Gasteiger partial charge in [0, 0.05) is 11.8 Å². The number of pyridine rings is 1. The summed E-state index contributed by atoms with van der Waals surface area (Å²) in [7, 11) is 1.33. The minimum absolute atomic E-state index is 0.131. The Morgan fingerprint density at radius 1 is 0.865 bits per heavy atom. The molecule has 0 N–H and O–H groups in total. The van der Waals surface area contributed by atoms with E-state index in [1.807, 2.05) is 67.6 Å². The van der Waals surface area contributed by atoms with E-state index < -0.39 is 5.97 Å². The Hall–Kier alpha value is -4.82. The number of rotatable bonds is 8. The molecular formula is C32H27NO4. The first-order valence-electron chi connectivity index (χ1n) is 11.8. The van der Waals surface area contributed by atoms with Crippen molar-refractivity contribution in [3.05, 3.63) is 131 Å². The van der Waals surface area contributed by atoms with Gasteiger partial charge in [0.1, 0.15) is 23.8 Å². The number of ether oxygens (including phenoxy) is 3. The van der Waals surface area contributed by atoms with Gasteiger partial charge in [0.25, 0.3) is 0 Å². The summed E-state index contributed by atoms with van der Waals surface area (Å²) in [6.45, 7) is 2.16. The quantitative estimate of drug-likeness (QED) is 0.229. The van der Waals surface area contributed by atoms with Crippen molar-refractivity contribution >= 4 is 11.5 Å². The second kappa shape index (κ2) is 12.8. The monoisotopic (exact) mass is 489 g/mol. The number of hydrogen-bond acceptors (Lipinski definition) is 5. The van der Waals surface area contributed by atoms with Crippen LogP contribution in [-0.4, -0.2) is 31.3 Å². The molecule has 4 aromatic rings. The molecule has 0 aliphatic carbocycles. The maximum atomic E-state index is 11.3. The van der Waals surface area contributed by atoms with Gasteiger partial charge >= 0.3 is 5.97 Å². The van der Waals surface area contributed by atoms with Gasteiger partial charge in [-0.1, -0.05) is 54.5 Å². The third-order valence-electron chi connectivity index (χ3n) is 5.54. The van der Waals surface area contributed by atoms with Crippen LogP contribution in [0.4, 0.5) is 0 Å². The number of nitrogens with zero attached hydrogens (tertiary/aromatic N) is 1. The molecule has 0 saturated heterocycles. The first-order valence-corrected chi connectivity index (χ1v) is 11.8. The lowest BCUT2D eigenvalue weighted by Gasteiger charge is -2.12. The Labute approximate surface area is 217 Å². The smallest absolute Gasteiger partial charge is 0.343 e. The van der Waals surface area contributed by atoms with Crippen LogP contribution in [0.25, 0.3) is 5.57 Å². The van der Waals surface area contributed by atoms with Crippen molar-refractivity contribution in [2.75, 3.05) is 20.3 Å². The second-order valence-corrected chi connectivity index (χ2v) is 8.13. The number of benzene rings is 3.